The van der Waals surface area contributed by atoms with Crippen molar-refractivity contribution in [3.05, 3.63) is 386 Å². The molecule has 2 aliphatic heterocycles. The van der Waals surface area contributed by atoms with Crippen LogP contribution in [0, 0.1) is 0 Å². The van der Waals surface area contributed by atoms with Gasteiger partial charge in [0.15, 0.2) is 0 Å². The molecule has 6 heterocycles. The normalized spacial score (nSPS) is 14.1. The standard InChI is InChI=1S/C122H104BN5O/c1-118(2,3)82-50-59-104-95(69-82)96-70-83(119(4,5)6)51-60-105(96)125(104)86-54-57-100-109(73-86)126(88-64-79(75-33-19-16-20-34-75)63-80(65-88)76-35-21-17-22-36-76)111-66-81(115-89(78-49-56-94-93-41-27-30-48-113(93)129-114(94)68-78)42-32-47-108(115)127-106-61-52-84(120(7,8)9)71-97(106)98-72-85(121(10,11)12)53-62-107(98)127)67-112-116(111)123(100)101-58-55-87(124-102-45-28-25-39-91(102)92-40-26-29-46-103(92)124)74-110(101)128(112)117-90(77-37-23-18-24-38-77)43-31-44-99(117)122(13,14)15/h16-74H,1-15H3/i25D,26D,28D,29D,39D,40D,45D,46D. The van der Waals surface area contributed by atoms with E-state index in [0.29, 0.717) is 5.69 Å². The fraction of sp³-hybridized carbons (Fsp3) is 0.164. The summed E-state index contributed by atoms with van der Waals surface area (Å²) in [5.74, 6) is 0. The molecule has 4 aromatic heterocycles. The molecule has 17 aromatic carbocycles. The first-order chi connectivity index (χ1) is 65.5. The molecule has 626 valence electrons. The highest BCUT2D eigenvalue weighted by atomic mass is 16.3. The van der Waals surface area contributed by atoms with Gasteiger partial charge in [-0.3, -0.25) is 0 Å². The highest BCUT2D eigenvalue weighted by molar-refractivity contribution is 7.00. The second-order valence-electron chi connectivity index (χ2n) is 40.7. The predicted octanol–water partition coefficient (Wildman–Crippen LogP) is 31.8. The molecule has 23 rings (SSSR count). The molecule has 0 unspecified atom stereocenters. The SMILES string of the molecule is [2H]c1c([2H])c([2H])c2c(c1[2H])c1c([2H])c([2H])c([2H])c([2H])c1n2-c1ccc2c(c1)N(c1c(-c3ccccc3)cccc1C(C)(C)C)c1cc(-c3c(-c4ccc5c(c4)oc4ccccc45)cccc3-n3c4ccc(C(C)(C)C)cc4c4cc(C(C)(C)C)ccc43)cc3c1B2c1ccc(-n2c4ccc(C(C)(C)C)cc4c4cc(C(C)(C)C)ccc42)cc1N3c1cc(-c2ccccc2)cc(-c2ccccc2)c1. The van der Waals surface area contributed by atoms with Crippen molar-refractivity contribution in [3.63, 3.8) is 0 Å². The maximum Gasteiger partial charge on any atom is 0.252 e. The van der Waals surface area contributed by atoms with Gasteiger partial charge in [0.1, 0.15) is 11.2 Å². The summed E-state index contributed by atoms with van der Waals surface area (Å²) >= 11 is 0. The lowest BCUT2D eigenvalue weighted by Crippen LogP contribution is -2.61. The first kappa shape index (κ1) is 70.7. The van der Waals surface area contributed by atoms with Gasteiger partial charge in [0, 0.05) is 94.0 Å². The van der Waals surface area contributed by atoms with Crippen LogP contribution < -0.4 is 26.2 Å². The van der Waals surface area contributed by atoms with Gasteiger partial charge >= 0.3 is 0 Å². The Labute approximate surface area is 767 Å². The number of para-hydroxylation sites is 4. The van der Waals surface area contributed by atoms with E-state index in [9.17, 15) is 11.0 Å². The zero-order valence-electron chi connectivity index (χ0n) is 83.7. The smallest absolute Gasteiger partial charge is 0.252 e. The fourth-order valence-electron chi connectivity index (χ4n) is 20.8. The topological polar surface area (TPSA) is 34.4 Å². The Kier molecular flexibility index (Phi) is 15.9. The van der Waals surface area contributed by atoms with Crippen molar-refractivity contribution in [2.75, 3.05) is 9.80 Å². The molecular formula is C122H104BN5O. The van der Waals surface area contributed by atoms with E-state index in [2.05, 4.69) is 414 Å². The Morgan fingerprint density at radius 2 is 0.698 bits per heavy atom. The van der Waals surface area contributed by atoms with Gasteiger partial charge < -0.3 is 27.9 Å². The molecule has 0 spiro atoms. The zero-order chi connectivity index (χ0) is 95.2. The maximum atomic E-state index is 10.1. The third-order valence-corrected chi connectivity index (χ3v) is 27.4. The van der Waals surface area contributed by atoms with Crippen LogP contribution in [0.4, 0.5) is 34.1 Å². The van der Waals surface area contributed by atoms with Gasteiger partial charge in [0.05, 0.1) is 55.4 Å². The van der Waals surface area contributed by atoms with Gasteiger partial charge in [0.25, 0.3) is 6.71 Å². The van der Waals surface area contributed by atoms with Gasteiger partial charge in [-0.15, -0.1) is 0 Å². The number of benzene rings is 17. The number of hydrogen-bond acceptors (Lipinski definition) is 3. The van der Waals surface area contributed by atoms with E-state index >= 15 is 0 Å². The van der Waals surface area contributed by atoms with Gasteiger partial charge in [-0.1, -0.05) is 322 Å². The molecule has 6 nitrogen and oxygen atoms in total. The Hall–Kier alpha value is -14.4. The minimum atomic E-state index is -0.603. The zero-order valence-corrected chi connectivity index (χ0v) is 75.7. The van der Waals surface area contributed by atoms with Crippen LogP contribution in [-0.2, 0) is 27.1 Å². The molecule has 129 heavy (non-hydrogen) atoms. The summed E-state index contributed by atoms with van der Waals surface area (Å²) in [6, 6.07) is 111. The summed E-state index contributed by atoms with van der Waals surface area (Å²) in [7, 11) is 0. The molecule has 0 bridgehead atoms. The second kappa shape index (κ2) is 29.1. The summed E-state index contributed by atoms with van der Waals surface area (Å²) in [6.07, 6.45) is 0. The Bertz CT molecular complexity index is 8450. The molecule has 21 aromatic rings. The minimum absolute atomic E-state index is 0.00508. The molecule has 7 heteroatoms. The number of nitrogens with zero attached hydrogens (tertiary/aromatic N) is 5. The Morgan fingerprint density at radius 3 is 1.21 bits per heavy atom. The Balaban J connectivity index is 0.936. The molecule has 0 fully saturated rings. The lowest BCUT2D eigenvalue weighted by atomic mass is 9.33. The third kappa shape index (κ3) is 12.9. The number of hydrogen-bond donors (Lipinski definition) is 0. The van der Waals surface area contributed by atoms with Crippen LogP contribution >= 0.6 is 0 Å². The second-order valence-corrected chi connectivity index (χ2v) is 40.7. The highest BCUT2D eigenvalue weighted by Crippen LogP contribution is 2.56. The van der Waals surface area contributed by atoms with Gasteiger partial charge in [-0.2, -0.15) is 0 Å². The fourth-order valence-corrected chi connectivity index (χ4v) is 20.8. The first-order valence-electron chi connectivity index (χ1n) is 49.2. The maximum absolute atomic E-state index is 10.1. The quantitative estimate of drug-likeness (QED) is 0.128. The van der Waals surface area contributed by atoms with Crippen molar-refractivity contribution in [2.24, 2.45) is 0 Å². The van der Waals surface area contributed by atoms with Crippen LogP contribution in [0.1, 0.15) is 143 Å². The molecule has 0 amide bonds. The van der Waals surface area contributed by atoms with Crippen LogP contribution in [0.2, 0.25) is 0 Å². The van der Waals surface area contributed by atoms with Gasteiger partial charge in [-0.05, 0) is 255 Å². The number of rotatable bonds is 10. The lowest BCUT2D eigenvalue weighted by Gasteiger charge is -2.46. The monoisotopic (exact) mass is 1670 g/mol. The van der Waals surface area contributed by atoms with Crippen molar-refractivity contribution in [1.82, 2.24) is 13.7 Å². The van der Waals surface area contributed by atoms with Crippen molar-refractivity contribution < 1.29 is 15.4 Å². The molecule has 0 N–H and O–H groups in total. The molecule has 0 atom stereocenters. The molecule has 2 aliphatic rings. The highest BCUT2D eigenvalue weighted by Gasteiger charge is 2.46. The first-order valence-corrected chi connectivity index (χ1v) is 45.2. The largest absolute Gasteiger partial charge is 0.456 e. The lowest BCUT2D eigenvalue weighted by molar-refractivity contribution is 0.590. The van der Waals surface area contributed by atoms with Gasteiger partial charge in [-0.25, -0.2) is 0 Å². The summed E-state index contributed by atoms with van der Waals surface area (Å²) in [5.41, 5.74) is 30.7. The van der Waals surface area contributed by atoms with Crippen LogP contribution in [0.25, 0.3) is 160 Å². The van der Waals surface area contributed by atoms with Crippen LogP contribution in [0.3, 0.4) is 0 Å². The molecule has 0 aliphatic carbocycles. The van der Waals surface area contributed by atoms with E-state index in [0.717, 1.165) is 189 Å². The summed E-state index contributed by atoms with van der Waals surface area (Å²) in [4.78, 5) is 5.07. The summed E-state index contributed by atoms with van der Waals surface area (Å²) in [5, 5.41) is 6.63. The molecule has 0 saturated carbocycles. The number of aromatic nitrogens is 3. The molecule has 0 radical (unpaired) electrons. The van der Waals surface area contributed by atoms with E-state index in [-0.39, 0.29) is 55.6 Å². The van der Waals surface area contributed by atoms with E-state index in [1.54, 1.807) is 4.57 Å². The average molecular weight is 1680 g/mol. The Morgan fingerprint density at radius 1 is 0.256 bits per heavy atom. The van der Waals surface area contributed by atoms with E-state index in [4.69, 9.17) is 4.42 Å². The average Bonchev–Trinajstić information content (AvgIpc) is 1.53. The predicted molar refractivity (Wildman–Crippen MR) is 551 cm³/mol. The molecule has 0 saturated heterocycles. The molecular weight excluding hydrogens is 1560 g/mol. The van der Waals surface area contributed by atoms with Crippen LogP contribution in [0.5, 0.6) is 0 Å². The van der Waals surface area contributed by atoms with E-state index in [1.807, 2.05) is 18.2 Å². The van der Waals surface area contributed by atoms with E-state index in [1.165, 1.54) is 22.3 Å². The number of furan rings is 1. The number of anilines is 6. The summed E-state index contributed by atoms with van der Waals surface area (Å²) in [6.45, 7) is 33.7. The number of fused-ring (bicyclic) bond motifs is 16. The third-order valence-electron chi connectivity index (χ3n) is 27.4. The van der Waals surface area contributed by atoms with Crippen molar-refractivity contribution in [1.29, 1.82) is 0 Å². The van der Waals surface area contributed by atoms with E-state index < -0.39 is 48.4 Å². The van der Waals surface area contributed by atoms with Crippen molar-refractivity contribution >= 4 is 145 Å². The van der Waals surface area contributed by atoms with Gasteiger partial charge in [0.2, 0.25) is 0 Å². The van der Waals surface area contributed by atoms with Crippen molar-refractivity contribution in [3.8, 4) is 72.7 Å². The van der Waals surface area contributed by atoms with Crippen LogP contribution in [0.15, 0.2) is 362 Å². The van der Waals surface area contributed by atoms with Crippen LogP contribution in [-0.4, -0.2) is 20.4 Å². The minimum Gasteiger partial charge on any atom is -0.456 e. The van der Waals surface area contributed by atoms with Crippen molar-refractivity contribution in [2.45, 2.75) is 131 Å². The summed E-state index contributed by atoms with van der Waals surface area (Å²) < 4.78 is 91.2.